The van der Waals surface area contributed by atoms with Crippen LogP contribution in [-0.4, -0.2) is 15.9 Å². The van der Waals surface area contributed by atoms with E-state index in [9.17, 15) is 4.79 Å². The predicted molar refractivity (Wildman–Crippen MR) is 108 cm³/mol. The highest BCUT2D eigenvalue weighted by atomic mass is 32.1. The largest absolute Gasteiger partial charge is 0.346 e. The molecule has 1 N–H and O–H groups in total. The number of carbonyl (C=O) groups excluding carboxylic acids is 1. The molecule has 0 aliphatic rings. The molecule has 1 amide bonds. The lowest BCUT2D eigenvalue weighted by Crippen LogP contribution is -2.22. The average molecular weight is 371 g/mol. The van der Waals surface area contributed by atoms with Gasteiger partial charge in [0.05, 0.1) is 12.2 Å². The number of hydrogen-bond acceptors (Lipinski definition) is 4. The van der Waals surface area contributed by atoms with Crippen LogP contribution in [0.25, 0.3) is 22.4 Å². The Bertz CT molecular complexity index is 1030. The number of nitrogens with one attached hydrogen (secondary N) is 1. The maximum atomic E-state index is 12.4. The van der Waals surface area contributed by atoms with E-state index in [4.69, 9.17) is 0 Å². The zero-order valence-electron chi connectivity index (χ0n) is 14.5. The summed E-state index contributed by atoms with van der Waals surface area (Å²) in [5.74, 6) is -0.102. The van der Waals surface area contributed by atoms with Crippen LogP contribution in [0.5, 0.6) is 0 Å². The summed E-state index contributed by atoms with van der Waals surface area (Å²) in [6.45, 7) is 0.412. The van der Waals surface area contributed by atoms with E-state index >= 15 is 0 Å². The lowest BCUT2D eigenvalue weighted by atomic mass is 10.0. The monoisotopic (exact) mass is 371 g/mol. The van der Waals surface area contributed by atoms with Crippen molar-refractivity contribution in [1.29, 1.82) is 0 Å². The molecule has 27 heavy (non-hydrogen) atoms. The van der Waals surface area contributed by atoms with E-state index < -0.39 is 0 Å². The molecule has 0 saturated carbocycles. The van der Waals surface area contributed by atoms with Crippen molar-refractivity contribution in [3.63, 3.8) is 0 Å². The fourth-order valence-corrected chi connectivity index (χ4v) is 3.49. The van der Waals surface area contributed by atoms with Gasteiger partial charge in [-0.3, -0.25) is 9.78 Å². The van der Waals surface area contributed by atoms with Gasteiger partial charge in [-0.1, -0.05) is 42.5 Å². The van der Waals surface area contributed by atoms with Gasteiger partial charge < -0.3 is 5.32 Å². The molecule has 0 fully saturated rings. The summed E-state index contributed by atoms with van der Waals surface area (Å²) < 4.78 is 0. The fraction of sp³-hybridized carbons (Fsp3) is 0.0455. The van der Waals surface area contributed by atoms with E-state index in [2.05, 4.69) is 27.4 Å². The molecule has 0 radical (unpaired) electrons. The van der Waals surface area contributed by atoms with Crippen molar-refractivity contribution < 1.29 is 4.79 Å². The van der Waals surface area contributed by atoms with Crippen molar-refractivity contribution in [2.75, 3.05) is 0 Å². The average Bonchev–Trinajstić information content (AvgIpc) is 3.22. The van der Waals surface area contributed by atoms with Gasteiger partial charge in [-0.2, -0.15) is 0 Å². The summed E-state index contributed by atoms with van der Waals surface area (Å²) in [5.41, 5.74) is 4.79. The number of nitrogens with zero attached hydrogens (tertiary/aromatic N) is 2. The molecule has 0 atom stereocenters. The first kappa shape index (κ1) is 17.1. The number of rotatable bonds is 5. The minimum Gasteiger partial charge on any atom is -0.346 e. The van der Waals surface area contributed by atoms with E-state index in [0.29, 0.717) is 12.1 Å². The van der Waals surface area contributed by atoms with E-state index in [1.165, 1.54) is 11.3 Å². The highest BCUT2D eigenvalue weighted by Gasteiger charge is 2.09. The van der Waals surface area contributed by atoms with Gasteiger partial charge in [0.15, 0.2) is 0 Å². The third kappa shape index (κ3) is 4.10. The molecule has 2 aromatic carbocycles. The summed E-state index contributed by atoms with van der Waals surface area (Å²) in [5, 5.41) is 5.80. The van der Waals surface area contributed by atoms with Crippen LogP contribution in [0.3, 0.4) is 0 Å². The Morgan fingerprint density at radius 3 is 2.30 bits per heavy atom. The normalized spacial score (nSPS) is 10.5. The molecular weight excluding hydrogens is 354 g/mol. The molecule has 4 aromatic rings. The summed E-state index contributed by atoms with van der Waals surface area (Å²) in [6, 6.07) is 21.6. The Balaban J connectivity index is 1.39. The van der Waals surface area contributed by atoms with E-state index in [0.717, 1.165) is 27.4 Å². The van der Waals surface area contributed by atoms with E-state index in [1.54, 1.807) is 12.4 Å². The maximum absolute atomic E-state index is 12.4. The number of hydrogen-bond donors (Lipinski definition) is 1. The lowest BCUT2D eigenvalue weighted by molar-refractivity contribution is 0.0951. The van der Waals surface area contributed by atoms with Crippen molar-refractivity contribution >= 4 is 17.2 Å². The van der Waals surface area contributed by atoms with Crippen molar-refractivity contribution in [1.82, 2.24) is 15.3 Å². The Morgan fingerprint density at radius 2 is 1.56 bits per heavy atom. The number of thiazole rings is 1. The number of amides is 1. The molecule has 0 aliphatic heterocycles. The van der Waals surface area contributed by atoms with Gasteiger partial charge in [-0.25, -0.2) is 4.98 Å². The minimum absolute atomic E-state index is 0.102. The minimum atomic E-state index is -0.102. The Hall–Kier alpha value is -3.31. The van der Waals surface area contributed by atoms with Gasteiger partial charge in [-0.15, -0.1) is 11.3 Å². The SMILES string of the molecule is O=C(NCc1nc(-c2ccncc2)cs1)c1ccc(-c2ccccc2)cc1. The van der Waals surface area contributed by atoms with Gasteiger partial charge in [0.1, 0.15) is 5.01 Å². The van der Waals surface area contributed by atoms with Gasteiger partial charge in [-0.05, 0) is 35.4 Å². The van der Waals surface area contributed by atoms with Crippen molar-refractivity contribution in [2.24, 2.45) is 0 Å². The van der Waals surface area contributed by atoms with Crippen LogP contribution in [0.2, 0.25) is 0 Å². The van der Waals surface area contributed by atoms with Gasteiger partial charge >= 0.3 is 0 Å². The first-order chi connectivity index (χ1) is 13.3. The second kappa shape index (κ2) is 7.93. The smallest absolute Gasteiger partial charge is 0.251 e. The molecule has 0 spiro atoms. The van der Waals surface area contributed by atoms with Crippen LogP contribution in [-0.2, 0) is 6.54 Å². The number of benzene rings is 2. The van der Waals surface area contributed by atoms with Crippen LogP contribution in [0.4, 0.5) is 0 Å². The third-order valence-corrected chi connectivity index (χ3v) is 5.03. The highest BCUT2D eigenvalue weighted by Crippen LogP contribution is 2.21. The van der Waals surface area contributed by atoms with Gasteiger partial charge in [0.25, 0.3) is 5.91 Å². The summed E-state index contributed by atoms with van der Waals surface area (Å²) in [6.07, 6.45) is 3.49. The molecule has 132 valence electrons. The first-order valence-corrected chi connectivity index (χ1v) is 9.46. The lowest BCUT2D eigenvalue weighted by Gasteiger charge is -2.05. The first-order valence-electron chi connectivity index (χ1n) is 8.58. The molecular formula is C22H17N3OS. The molecule has 4 nitrogen and oxygen atoms in total. The molecule has 0 aliphatic carbocycles. The maximum Gasteiger partial charge on any atom is 0.251 e. The molecule has 0 bridgehead atoms. The van der Waals surface area contributed by atoms with E-state index in [-0.39, 0.29) is 5.91 Å². The van der Waals surface area contributed by atoms with Gasteiger partial charge in [0, 0.05) is 28.9 Å². The highest BCUT2D eigenvalue weighted by molar-refractivity contribution is 7.09. The van der Waals surface area contributed by atoms with Crippen molar-refractivity contribution in [3.8, 4) is 22.4 Å². The molecule has 0 saturated heterocycles. The Morgan fingerprint density at radius 1 is 0.852 bits per heavy atom. The van der Waals surface area contributed by atoms with E-state index in [1.807, 2.05) is 60.0 Å². The third-order valence-electron chi connectivity index (χ3n) is 4.18. The van der Waals surface area contributed by atoms with Gasteiger partial charge in [0.2, 0.25) is 0 Å². The summed E-state index contributed by atoms with van der Waals surface area (Å²) in [4.78, 5) is 21.0. The summed E-state index contributed by atoms with van der Waals surface area (Å²) >= 11 is 1.54. The standard InChI is InChI=1S/C22H17N3OS/c26-22(19-8-6-17(7-9-19)16-4-2-1-3-5-16)24-14-21-25-20(15-27-21)18-10-12-23-13-11-18/h1-13,15H,14H2,(H,24,26). The van der Waals surface area contributed by atoms with Crippen LogP contribution >= 0.6 is 11.3 Å². The Labute approximate surface area is 161 Å². The molecule has 4 rings (SSSR count). The van der Waals surface area contributed by atoms with Crippen molar-refractivity contribution in [3.05, 3.63) is 95.1 Å². The second-order valence-corrected chi connectivity index (χ2v) is 6.93. The van der Waals surface area contributed by atoms with Crippen molar-refractivity contribution in [2.45, 2.75) is 6.54 Å². The topological polar surface area (TPSA) is 54.9 Å². The summed E-state index contributed by atoms with van der Waals surface area (Å²) in [7, 11) is 0. The quantitative estimate of drug-likeness (QED) is 0.548. The fourth-order valence-electron chi connectivity index (χ4n) is 2.75. The van der Waals surface area contributed by atoms with Crippen LogP contribution in [0.1, 0.15) is 15.4 Å². The molecule has 2 heterocycles. The molecule has 0 unspecified atom stereocenters. The Kier molecular flexibility index (Phi) is 5.03. The zero-order valence-corrected chi connectivity index (χ0v) is 15.3. The zero-order chi connectivity index (χ0) is 18.5. The number of aromatic nitrogens is 2. The number of carbonyl (C=O) groups is 1. The second-order valence-electron chi connectivity index (χ2n) is 5.99. The molecule has 5 heteroatoms. The van der Waals surface area contributed by atoms with Crippen LogP contribution in [0, 0.1) is 0 Å². The predicted octanol–water partition coefficient (Wildman–Crippen LogP) is 4.80. The molecule has 2 aromatic heterocycles. The van der Waals surface area contributed by atoms with Crippen LogP contribution < -0.4 is 5.32 Å². The van der Waals surface area contributed by atoms with Crippen LogP contribution in [0.15, 0.2) is 84.5 Å². The number of pyridine rings is 1.